The van der Waals surface area contributed by atoms with Gasteiger partial charge >= 0.3 is 5.97 Å². The molecular formula is C14H18N4O2. The number of rotatable bonds is 5. The first-order valence-electron chi connectivity index (χ1n) is 6.36. The van der Waals surface area contributed by atoms with Crippen LogP contribution in [0.15, 0.2) is 30.6 Å². The Morgan fingerprint density at radius 1 is 1.40 bits per heavy atom. The van der Waals surface area contributed by atoms with Crippen LogP contribution in [0.4, 0.5) is 0 Å². The molecule has 0 bridgehead atoms. The van der Waals surface area contributed by atoms with Crippen molar-refractivity contribution in [3.63, 3.8) is 0 Å². The van der Waals surface area contributed by atoms with Gasteiger partial charge in [-0.25, -0.2) is 4.79 Å². The maximum absolute atomic E-state index is 11.3. The number of esters is 1. The molecule has 6 heteroatoms. The second-order valence-corrected chi connectivity index (χ2v) is 4.59. The third-order valence-corrected chi connectivity index (χ3v) is 3.12. The summed E-state index contributed by atoms with van der Waals surface area (Å²) in [5, 5.41) is 11.3. The van der Waals surface area contributed by atoms with Crippen LogP contribution in [0.5, 0.6) is 0 Å². The summed E-state index contributed by atoms with van der Waals surface area (Å²) in [4.78, 5) is 11.3. The minimum Gasteiger partial charge on any atom is -0.465 e. The van der Waals surface area contributed by atoms with Gasteiger partial charge < -0.3 is 14.6 Å². The van der Waals surface area contributed by atoms with Crippen LogP contribution < -0.4 is 5.32 Å². The highest BCUT2D eigenvalue weighted by Crippen LogP contribution is 2.10. The van der Waals surface area contributed by atoms with Crippen LogP contribution in [0.1, 0.15) is 34.7 Å². The van der Waals surface area contributed by atoms with E-state index in [-0.39, 0.29) is 12.0 Å². The van der Waals surface area contributed by atoms with E-state index in [4.69, 9.17) is 0 Å². The molecule has 0 amide bonds. The first-order chi connectivity index (χ1) is 9.61. The lowest BCUT2D eigenvalue weighted by Gasteiger charge is -2.13. The van der Waals surface area contributed by atoms with Gasteiger partial charge in [0.2, 0.25) is 0 Å². The van der Waals surface area contributed by atoms with Crippen LogP contribution in [0.3, 0.4) is 0 Å². The zero-order chi connectivity index (χ0) is 14.5. The summed E-state index contributed by atoms with van der Waals surface area (Å²) in [6, 6.07) is 7.43. The lowest BCUT2D eigenvalue weighted by Crippen LogP contribution is -2.21. The average molecular weight is 274 g/mol. The lowest BCUT2D eigenvalue weighted by molar-refractivity contribution is 0.0600. The minimum absolute atomic E-state index is 0.0998. The van der Waals surface area contributed by atoms with Gasteiger partial charge in [0.15, 0.2) is 0 Å². The summed E-state index contributed by atoms with van der Waals surface area (Å²) in [6.07, 6.45) is 1.68. The van der Waals surface area contributed by atoms with Gasteiger partial charge in [0.05, 0.1) is 18.7 Å². The number of methoxy groups -OCH3 is 1. The monoisotopic (exact) mass is 274 g/mol. The quantitative estimate of drug-likeness (QED) is 0.836. The van der Waals surface area contributed by atoms with Crippen molar-refractivity contribution >= 4 is 5.97 Å². The van der Waals surface area contributed by atoms with Crippen molar-refractivity contribution in [1.29, 1.82) is 0 Å². The van der Waals surface area contributed by atoms with Crippen molar-refractivity contribution in [3.8, 4) is 0 Å². The van der Waals surface area contributed by atoms with E-state index >= 15 is 0 Å². The average Bonchev–Trinajstić information content (AvgIpc) is 2.90. The van der Waals surface area contributed by atoms with Gasteiger partial charge in [0.1, 0.15) is 12.2 Å². The molecule has 1 N–H and O–H groups in total. The summed E-state index contributed by atoms with van der Waals surface area (Å²) in [5.74, 6) is 0.563. The summed E-state index contributed by atoms with van der Waals surface area (Å²) >= 11 is 0. The zero-order valence-corrected chi connectivity index (χ0v) is 11.8. The number of carbonyl (C=O) groups excluding carboxylic acids is 1. The second-order valence-electron chi connectivity index (χ2n) is 4.59. The Hall–Kier alpha value is -2.21. The highest BCUT2D eigenvalue weighted by Gasteiger charge is 2.10. The Morgan fingerprint density at radius 3 is 2.65 bits per heavy atom. The van der Waals surface area contributed by atoms with Crippen molar-refractivity contribution in [2.75, 3.05) is 7.11 Å². The van der Waals surface area contributed by atoms with E-state index in [1.807, 2.05) is 30.7 Å². The number of nitrogens with zero attached hydrogens (tertiary/aromatic N) is 3. The van der Waals surface area contributed by atoms with Gasteiger partial charge in [-0.1, -0.05) is 12.1 Å². The van der Waals surface area contributed by atoms with Crippen molar-refractivity contribution < 1.29 is 9.53 Å². The highest BCUT2D eigenvalue weighted by atomic mass is 16.5. The Morgan fingerprint density at radius 2 is 2.10 bits per heavy atom. The lowest BCUT2D eigenvalue weighted by atomic mass is 10.1. The molecule has 1 unspecified atom stereocenters. The number of ether oxygens (including phenoxy) is 1. The number of aryl methyl sites for hydroxylation is 1. The molecule has 0 radical (unpaired) electrons. The molecule has 20 heavy (non-hydrogen) atoms. The van der Waals surface area contributed by atoms with E-state index in [1.165, 1.54) is 7.11 Å². The number of hydrogen-bond donors (Lipinski definition) is 1. The molecule has 0 aliphatic heterocycles. The number of aromatic nitrogens is 3. The Bertz CT molecular complexity index is 577. The van der Waals surface area contributed by atoms with Crippen LogP contribution in [0.2, 0.25) is 0 Å². The number of hydrogen-bond acceptors (Lipinski definition) is 5. The molecular weight excluding hydrogens is 256 g/mol. The number of benzene rings is 1. The van der Waals surface area contributed by atoms with E-state index < -0.39 is 0 Å². The third kappa shape index (κ3) is 3.21. The van der Waals surface area contributed by atoms with Crippen LogP contribution in [-0.2, 0) is 18.3 Å². The van der Waals surface area contributed by atoms with Crippen LogP contribution in [0.25, 0.3) is 0 Å². The fourth-order valence-corrected chi connectivity index (χ4v) is 1.92. The molecule has 1 aromatic carbocycles. The summed E-state index contributed by atoms with van der Waals surface area (Å²) in [6.45, 7) is 2.72. The van der Waals surface area contributed by atoms with Gasteiger partial charge in [-0.2, -0.15) is 0 Å². The molecule has 0 aliphatic carbocycles. The normalized spacial score (nSPS) is 12.2. The summed E-state index contributed by atoms with van der Waals surface area (Å²) in [5.41, 5.74) is 1.64. The SMILES string of the molecule is COC(=O)c1ccc(CNC(C)c2nncn2C)cc1. The summed E-state index contributed by atoms with van der Waals surface area (Å²) in [7, 11) is 3.29. The van der Waals surface area contributed by atoms with E-state index in [1.54, 1.807) is 18.5 Å². The van der Waals surface area contributed by atoms with Gasteiger partial charge in [-0.3, -0.25) is 0 Å². The van der Waals surface area contributed by atoms with E-state index in [9.17, 15) is 4.79 Å². The second kappa shape index (κ2) is 6.29. The number of carbonyl (C=O) groups is 1. The molecule has 2 rings (SSSR count). The maximum Gasteiger partial charge on any atom is 0.337 e. The Kier molecular flexibility index (Phi) is 4.47. The standard InChI is InChI=1S/C14H18N4O2/c1-10(13-17-16-9-18(13)2)15-8-11-4-6-12(7-5-11)14(19)20-3/h4-7,9-10,15H,8H2,1-3H3. The topological polar surface area (TPSA) is 69.0 Å². The molecule has 0 aliphatic rings. The van der Waals surface area contributed by atoms with Crippen molar-refractivity contribution in [2.45, 2.75) is 19.5 Å². The van der Waals surface area contributed by atoms with Crippen molar-refractivity contribution in [1.82, 2.24) is 20.1 Å². The minimum atomic E-state index is -0.322. The molecule has 1 atom stereocenters. The smallest absolute Gasteiger partial charge is 0.337 e. The highest BCUT2D eigenvalue weighted by molar-refractivity contribution is 5.89. The van der Waals surface area contributed by atoms with Crippen molar-refractivity contribution in [2.24, 2.45) is 7.05 Å². The van der Waals surface area contributed by atoms with E-state index in [0.29, 0.717) is 12.1 Å². The predicted molar refractivity (Wildman–Crippen MR) is 74.0 cm³/mol. The van der Waals surface area contributed by atoms with Gasteiger partial charge in [-0.05, 0) is 24.6 Å². The van der Waals surface area contributed by atoms with Gasteiger partial charge in [0, 0.05) is 13.6 Å². The molecule has 0 saturated carbocycles. The summed E-state index contributed by atoms with van der Waals surface area (Å²) < 4.78 is 6.55. The maximum atomic E-state index is 11.3. The molecule has 1 aromatic heterocycles. The fraction of sp³-hybridized carbons (Fsp3) is 0.357. The van der Waals surface area contributed by atoms with E-state index in [2.05, 4.69) is 20.3 Å². The molecule has 1 heterocycles. The van der Waals surface area contributed by atoms with Gasteiger partial charge in [0.25, 0.3) is 0 Å². The van der Waals surface area contributed by atoms with Crippen LogP contribution in [0, 0.1) is 0 Å². The Balaban J connectivity index is 1.94. The van der Waals surface area contributed by atoms with Gasteiger partial charge in [-0.15, -0.1) is 10.2 Å². The van der Waals surface area contributed by atoms with Crippen LogP contribution in [-0.4, -0.2) is 27.8 Å². The molecule has 0 spiro atoms. The molecule has 106 valence electrons. The first kappa shape index (κ1) is 14.2. The molecule has 2 aromatic rings. The first-order valence-corrected chi connectivity index (χ1v) is 6.36. The van der Waals surface area contributed by atoms with Crippen molar-refractivity contribution in [3.05, 3.63) is 47.5 Å². The third-order valence-electron chi connectivity index (χ3n) is 3.12. The molecule has 0 fully saturated rings. The largest absolute Gasteiger partial charge is 0.465 e. The van der Waals surface area contributed by atoms with Crippen LogP contribution >= 0.6 is 0 Å². The molecule has 0 saturated heterocycles. The predicted octanol–water partition coefficient (Wildman–Crippen LogP) is 1.45. The number of nitrogens with one attached hydrogen (secondary N) is 1. The fourth-order valence-electron chi connectivity index (χ4n) is 1.92. The Labute approximate surface area is 117 Å². The molecule has 6 nitrogen and oxygen atoms in total. The van der Waals surface area contributed by atoms with E-state index in [0.717, 1.165) is 11.4 Å². The zero-order valence-electron chi connectivity index (χ0n) is 11.8.